The van der Waals surface area contributed by atoms with Gasteiger partial charge in [-0.2, -0.15) is 0 Å². The SMILES string of the molecule is CN=C(NCCc1ccc(OC)c(OC)c1)NCCN(C)C1CCCCC1.I. The Labute approximate surface area is 187 Å². The molecular weight excluding hydrogens is 467 g/mol. The first kappa shape index (κ1) is 24.8. The van der Waals surface area contributed by atoms with Crippen LogP contribution in [0.3, 0.4) is 0 Å². The van der Waals surface area contributed by atoms with Gasteiger partial charge in [0.25, 0.3) is 0 Å². The van der Waals surface area contributed by atoms with E-state index in [9.17, 15) is 0 Å². The summed E-state index contributed by atoms with van der Waals surface area (Å²) in [4.78, 5) is 6.81. The lowest BCUT2D eigenvalue weighted by atomic mass is 9.94. The number of ether oxygens (including phenoxy) is 2. The van der Waals surface area contributed by atoms with Gasteiger partial charge in [0.2, 0.25) is 0 Å². The molecule has 1 aliphatic rings. The van der Waals surface area contributed by atoms with Gasteiger partial charge in [-0.05, 0) is 44.0 Å². The second kappa shape index (κ2) is 13.9. The zero-order chi connectivity index (χ0) is 19.5. The zero-order valence-electron chi connectivity index (χ0n) is 17.8. The van der Waals surface area contributed by atoms with Gasteiger partial charge in [-0.1, -0.05) is 25.3 Å². The first-order chi connectivity index (χ1) is 13.2. The highest BCUT2D eigenvalue weighted by atomic mass is 127. The predicted octanol–water partition coefficient (Wildman–Crippen LogP) is 3.29. The largest absolute Gasteiger partial charge is 0.493 e. The first-order valence-corrected chi connectivity index (χ1v) is 10.0. The molecule has 0 amide bonds. The van der Waals surface area contributed by atoms with Crippen molar-refractivity contribution >= 4 is 29.9 Å². The third-order valence-electron chi connectivity index (χ3n) is 5.33. The van der Waals surface area contributed by atoms with Gasteiger partial charge in [-0.25, -0.2) is 0 Å². The molecule has 7 heteroatoms. The van der Waals surface area contributed by atoms with E-state index in [0.717, 1.165) is 49.6 Å². The van der Waals surface area contributed by atoms with Crippen molar-refractivity contribution in [1.82, 2.24) is 15.5 Å². The number of hydrogen-bond donors (Lipinski definition) is 2. The van der Waals surface area contributed by atoms with Crippen LogP contribution in [0.5, 0.6) is 11.5 Å². The van der Waals surface area contributed by atoms with Crippen LogP contribution >= 0.6 is 24.0 Å². The van der Waals surface area contributed by atoms with Crippen molar-refractivity contribution in [2.24, 2.45) is 4.99 Å². The number of aliphatic imine (C=N–C) groups is 1. The first-order valence-electron chi connectivity index (χ1n) is 10.0. The molecule has 6 nitrogen and oxygen atoms in total. The van der Waals surface area contributed by atoms with Crippen LogP contribution < -0.4 is 20.1 Å². The average molecular weight is 504 g/mol. The molecule has 1 aromatic rings. The van der Waals surface area contributed by atoms with E-state index in [2.05, 4.69) is 33.6 Å². The smallest absolute Gasteiger partial charge is 0.191 e. The van der Waals surface area contributed by atoms with Crippen molar-refractivity contribution in [1.29, 1.82) is 0 Å². The molecule has 0 heterocycles. The Morgan fingerprint density at radius 2 is 1.75 bits per heavy atom. The molecule has 0 spiro atoms. The van der Waals surface area contributed by atoms with Crippen LogP contribution in [0, 0.1) is 0 Å². The van der Waals surface area contributed by atoms with E-state index in [0.29, 0.717) is 0 Å². The summed E-state index contributed by atoms with van der Waals surface area (Å²) in [7, 11) is 7.37. The number of nitrogens with zero attached hydrogens (tertiary/aromatic N) is 2. The Hall–Kier alpha value is -1.22. The molecule has 28 heavy (non-hydrogen) atoms. The fourth-order valence-corrected chi connectivity index (χ4v) is 3.64. The van der Waals surface area contributed by atoms with Crippen molar-refractivity contribution in [2.75, 3.05) is 47.9 Å². The molecule has 0 radical (unpaired) electrons. The summed E-state index contributed by atoms with van der Waals surface area (Å²) in [5, 5.41) is 6.80. The number of nitrogens with one attached hydrogen (secondary N) is 2. The van der Waals surface area contributed by atoms with Crippen molar-refractivity contribution in [3.8, 4) is 11.5 Å². The van der Waals surface area contributed by atoms with Crippen molar-refractivity contribution in [2.45, 2.75) is 44.6 Å². The molecule has 0 bridgehead atoms. The minimum absolute atomic E-state index is 0. The minimum Gasteiger partial charge on any atom is -0.493 e. The number of benzene rings is 1. The van der Waals surface area contributed by atoms with Crippen LogP contribution in [0.15, 0.2) is 23.2 Å². The second-order valence-electron chi connectivity index (χ2n) is 7.14. The number of guanidine groups is 1. The summed E-state index contributed by atoms with van der Waals surface area (Å²) in [5.74, 6) is 2.38. The lowest BCUT2D eigenvalue weighted by molar-refractivity contribution is 0.194. The third-order valence-corrected chi connectivity index (χ3v) is 5.33. The second-order valence-corrected chi connectivity index (χ2v) is 7.14. The third kappa shape index (κ3) is 8.03. The van der Waals surface area contributed by atoms with E-state index < -0.39 is 0 Å². The molecule has 1 aliphatic carbocycles. The standard InChI is InChI=1S/C21H36N4O2.HI/c1-22-21(24-14-15-25(2)18-8-6-5-7-9-18)23-13-12-17-10-11-19(26-3)20(16-17)27-4;/h10-11,16,18H,5-9,12-15H2,1-4H3,(H2,22,23,24);1H. The maximum Gasteiger partial charge on any atom is 0.191 e. The number of methoxy groups -OCH3 is 2. The highest BCUT2D eigenvalue weighted by Crippen LogP contribution is 2.27. The maximum atomic E-state index is 5.36. The monoisotopic (exact) mass is 504 g/mol. The molecular formula is C21H37IN4O2. The van der Waals surface area contributed by atoms with E-state index in [4.69, 9.17) is 9.47 Å². The minimum atomic E-state index is 0. The Morgan fingerprint density at radius 1 is 1.07 bits per heavy atom. The van der Waals surface area contributed by atoms with E-state index in [1.165, 1.54) is 37.7 Å². The summed E-state index contributed by atoms with van der Waals surface area (Å²) >= 11 is 0. The topological polar surface area (TPSA) is 58.1 Å². The van der Waals surface area contributed by atoms with E-state index in [-0.39, 0.29) is 24.0 Å². The molecule has 160 valence electrons. The van der Waals surface area contributed by atoms with Crippen LogP contribution in [-0.4, -0.2) is 64.9 Å². The van der Waals surface area contributed by atoms with Crippen molar-refractivity contribution in [3.63, 3.8) is 0 Å². The fraction of sp³-hybridized carbons (Fsp3) is 0.667. The molecule has 2 N–H and O–H groups in total. The predicted molar refractivity (Wildman–Crippen MR) is 128 cm³/mol. The summed E-state index contributed by atoms with van der Waals surface area (Å²) < 4.78 is 10.6. The fourth-order valence-electron chi connectivity index (χ4n) is 3.64. The molecule has 0 atom stereocenters. The molecule has 0 unspecified atom stereocenters. The van der Waals surface area contributed by atoms with Gasteiger partial charge in [0.1, 0.15) is 0 Å². The van der Waals surface area contributed by atoms with Gasteiger partial charge >= 0.3 is 0 Å². The van der Waals surface area contributed by atoms with Crippen LogP contribution in [0.2, 0.25) is 0 Å². The van der Waals surface area contributed by atoms with Crippen LogP contribution in [0.1, 0.15) is 37.7 Å². The van der Waals surface area contributed by atoms with Gasteiger partial charge in [0.05, 0.1) is 14.2 Å². The average Bonchev–Trinajstić information content (AvgIpc) is 2.72. The summed E-state index contributed by atoms with van der Waals surface area (Å²) in [6.07, 6.45) is 7.73. The van der Waals surface area contributed by atoms with E-state index >= 15 is 0 Å². The number of halogens is 1. The lowest BCUT2D eigenvalue weighted by Gasteiger charge is -2.31. The lowest BCUT2D eigenvalue weighted by Crippen LogP contribution is -2.43. The van der Waals surface area contributed by atoms with Crippen molar-refractivity contribution < 1.29 is 9.47 Å². The van der Waals surface area contributed by atoms with Crippen LogP contribution in [0.4, 0.5) is 0 Å². The van der Waals surface area contributed by atoms with Gasteiger partial charge in [-0.3, -0.25) is 4.99 Å². The molecule has 0 aliphatic heterocycles. The Bertz CT molecular complexity index is 592. The summed E-state index contributed by atoms with van der Waals surface area (Å²) in [6, 6.07) is 6.79. The van der Waals surface area contributed by atoms with E-state index in [1.54, 1.807) is 14.2 Å². The summed E-state index contributed by atoms with van der Waals surface area (Å²) in [5.41, 5.74) is 1.20. The number of rotatable bonds is 9. The van der Waals surface area contributed by atoms with Crippen molar-refractivity contribution in [3.05, 3.63) is 23.8 Å². The van der Waals surface area contributed by atoms with Crippen LogP contribution in [-0.2, 0) is 6.42 Å². The molecule has 1 fully saturated rings. The normalized spacial score (nSPS) is 15.1. The number of hydrogen-bond acceptors (Lipinski definition) is 4. The Morgan fingerprint density at radius 3 is 2.39 bits per heavy atom. The molecule has 1 saturated carbocycles. The highest BCUT2D eigenvalue weighted by molar-refractivity contribution is 14.0. The zero-order valence-corrected chi connectivity index (χ0v) is 20.1. The molecule has 0 aromatic heterocycles. The van der Waals surface area contributed by atoms with Crippen LogP contribution in [0.25, 0.3) is 0 Å². The maximum absolute atomic E-state index is 5.36. The van der Waals surface area contributed by atoms with Gasteiger partial charge in [0, 0.05) is 32.7 Å². The van der Waals surface area contributed by atoms with Gasteiger partial charge < -0.3 is 25.0 Å². The Kier molecular flexibility index (Phi) is 12.3. The summed E-state index contributed by atoms with van der Waals surface area (Å²) in [6.45, 7) is 2.76. The molecule has 1 aromatic carbocycles. The molecule has 2 rings (SSSR count). The quantitative estimate of drug-likeness (QED) is 0.307. The Balaban J connectivity index is 0.00000392. The molecule has 0 saturated heterocycles. The van der Waals surface area contributed by atoms with Gasteiger partial charge in [0.15, 0.2) is 17.5 Å². The van der Waals surface area contributed by atoms with Gasteiger partial charge in [-0.15, -0.1) is 24.0 Å². The highest BCUT2D eigenvalue weighted by Gasteiger charge is 2.17. The van der Waals surface area contributed by atoms with E-state index in [1.807, 2.05) is 19.2 Å². The number of likely N-dealkylation sites (N-methyl/N-ethyl adjacent to an activating group) is 1.